The molecule has 0 saturated heterocycles. The van der Waals surface area contributed by atoms with E-state index in [0.29, 0.717) is 11.7 Å². The van der Waals surface area contributed by atoms with Crippen LogP contribution in [0.3, 0.4) is 0 Å². The highest BCUT2D eigenvalue weighted by Crippen LogP contribution is 2.19. The molecule has 2 aromatic heterocycles. The predicted octanol–water partition coefficient (Wildman–Crippen LogP) is 2.34. The normalized spacial score (nSPS) is 10.2. The standard InChI is InChI=1S/C8H6ClN3S/c9-4-6-5-13-8(12-6)7-10-2-1-3-11-7/h1-3,5H,4H2. The number of aromatic nitrogens is 3. The van der Waals surface area contributed by atoms with Crippen LogP contribution in [-0.2, 0) is 5.88 Å². The van der Waals surface area contributed by atoms with Crippen molar-refractivity contribution in [3.05, 3.63) is 29.5 Å². The van der Waals surface area contributed by atoms with Crippen LogP contribution >= 0.6 is 22.9 Å². The van der Waals surface area contributed by atoms with Crippen LogP contribution < -0.4 is 0 Å². The molecule has 0 spiro atoms. The topological polar surface area (TPSA) is 38.7 Å². The van der Waals surface area contributed by atoms with Gasteiger partial charge in [0, 0.05) is 17.8 Å². The van der Waals surface area contributed by atoms with E-state index < -0.39 is 0 Å². The van der Waals surface area contributed by atoms with Gasteiger partial charge >= 0.3 is 0 Å². The lowest BCUT2D eigenvalue weighted by Gasteiger charge is -1.90. The molecule has 3 nitrogen and oxygen atoms in total. The lowest BCUT2D eigenvalue weighted by atomic mass is 10.5. The largest absolute Gasteiger partial charge is 0.236 e. The summed E-state index contributed by atoms with van der Waals surface area (Å²) in [4.78, 5) is 12.4. The molecular formula is C8H6ClN3S. The Morgan fingerprint density at radius 3 is 2.69 bits per heavy atom. The van der Waals surface area contributed by atoms with Gasteiger partial charge < -0.3 is 0 Å². The summed E-state index contributed by atoms with van der Waals surface area (Å²) in [6.45, 7) is 0. The number of halogens is 1. The van der Waals surface area contributed by atoms with Gasteiger partial charge in [-0.05, 0) is 6.07 Å². The molecule has 0 aliphatic rings. The summed E-state index contributed by atoms with van der Waals surface area (Å²) in [6.07, 6.45) is 3.40. The van der Waals surface area contributed by atoms with Crippen molar-refractivity contribution in [2.24, 2.45) is 0 Å². The Hall–Kier alpha value is -1.00. The van der Waals surface area contributed by atoms with E-state index in [1.54, 1.807) is 18.5 Å². The zero-order chi connectivity index (χ0) is 9.10. The van der Waals surface area contributed by atoms with Crippen molar-refractivity contribution >= 4 is 22.9 Å². The molecule has 13 heavy (non-hydrogen) atoms. The Morgan fingerprint density at radius 2 is 2.08 bits per heavy atom. The smallest absolute Gasteiger partial charge is 0.188 e. The molecule has 0 fully saturated rings. The Labute approximate surface area is 84.5 Å². The van der Waals surface area contributed by atoms with Crippen LogP contribution in [-0.4, -0.2) is 15.0 Å². The number of hydrogen-bond donors (Lipinski definition) is 0. The summed E-state index contributed by atoms with van der Waals surface area (Å²) >= 11 is 7.14. The van der Waals surface area contributed by atoms with Crippen LogP contribution in [0.2, 0.25) is 0 Å². The summed E-state index contributed by atoms with van der Waals surface area (Å²) in [5.74, 6) is 1.09. The summed E-state index contributed by atoms with van der Waals surface area (Å²) in [5, 5.41) is 2.73. The van der Waals surface area contributed by atoms with E-state index in [-0.39, 0.29) is 0 Å². The first-order chi connectivity index (χ1) is 6.40. The van der Waals surface area contributed by atoms with E-state index in [1.807, 2.05) is 5.38 Å². The van der Waals surface area contributed by atoms with Crippen molar-refractivity contribution in [3.8, 4) is 10.8 Å². The zero-order valence-corrected chi connectivity index (χ0v) is 8.22. The molecule has 2 heterocycles. The second-order valence-electron chi connectivity index (χ2n) is 2.35. The van der Waals surface area contributed by atoms with Gasteiger partial charge in [0.05, 0.1) is 11.6 Å². The first-order valence-corrected chi connectivity index (χ1v) is 5.09. The van der Waals surface area contributed by atoms with Crippen molar-refractivity contribution in [2.75, 3.05) is 0 Å². The van der Waals surface area contributed by atoms with Gasteiger partial charge in [0.25, 0.3) is 0 Å². The fourth-order valence-corrected chi connectivity index (χ4v) is 1.87. The minimum atomic E-state index is 0.434. The van der Waals surface area contributed by atoms with E-state index >= 15 is 0 Å². The number of thiazole rings is 1. The molecule has 0 aliphatic heterocycles. The molecule has 0 aromatic carbocycles. The quantitative estimate of drug-likeness (QED) is 0.716. The number of alkyl halides is 1. The first-order valence-electron chi connectivity index (χ1n) is 3.68. The van der Waals surface area contributed by atoms with Crippen LogP contribution in [0, 0.1) is 0 Å². The fraction of sp³-hybridized carbons (Fsp3) is 0.125. The van der Waals surface area contributed by atoms with Gasteiger partial charge in [0.15, 0.2) is 10.8 Å². The summed E-state index contributed by atoms with van der Waals surface area (Å²) in [6, 6.07) is 1.78. The number of nitrogens with zero attached hydrogens (tertiary/aromatic N) is 3. The molecule has 0 aliphatic carbocycles. The van der Waals surface area contributed by atoms with Crippen LogP contribution in [0.5, 0.6) is 0 Å². The van der Waals surface area contributed by atoms with Gasteiger partial charge in [0.2, 0.25) is 0 Å². The monoisotopic (exact) mass is 211 g/mol. The highest BCUT2D eigenvalue weighted by atomic mass is 35.5. The highest BCUT2D eigenvalue weighted by molar-refractivity contribution is 7.13. The van der Waals surface area contributed by atoms with Crippen LogP contribution in [0.1, 0.15) is 5.69 Å². The first kappa shape index (κ1) is 8.59. The summed E-state index contributed by atoms with van der Waals surface area (Å²) in [5.41, 5.74) is 0.870. The molecule has 0 amide bonds. The number of hydrogen-bond acceptors (Lipinski definition) is 4. The van der Waals surface area contributed by atoms with Crippen molar-refractivity contribution in [3.63, 3.8) is 0 Å². The van der Waals surface area contributed by atoms with Crippen LogP contribution in [0.4, 0.5) is 0 Å². The highest BCUT2D eigenvalue weighted by Gasteiger charge is 2.04. The summed E-state index contributed by atoms with van der Waals surface area (Å²) in [7, 11) is 0. The molecule has 2 rings (SSSR count). The molecule has 0 saturated carbocycles. The van der Waals surface area contributed by atoms with E-state index in [9.17, 15) is 0 Å². The molecule has 0 radical (unpaired) electrons. The Kier molecular flexibility index (Phi) is 2.52. The van der Waals surface area contributed by atoms with Crippen molar-refractivity contribution in [2.45, 2.75) is 5.88 Å². The lowest BCUT2D eigenvalue weighted by Crippen LogP contribution is -1.86. The van der Waals surface area contributed by atoms with Crippen LogP contribution in [0.25, 0.3) is 10.8 Å². The van der Waals surface area contributed by atoms with Gasteiger partial charge in [0.1, 0.15) is 0 Å². The second-order valence-corrected chi connectivity index (χ2v) is 3.48. The minimum absolute atomic E-state index is 0.434. The zero-order valence-electron chi connectivity index (χ0n) is 6.64. The maximum atomic E-state index is 5.63. The van der Waals surface area contributed by atoms with E-state index in [1.165, 1.54) is 11.3 Å². The third-order valence-corrected chi connectivity index (χ3v) is 2.61. The van der Waals surface area contributed by atoms with E-state index in [4.69, 9.17) is 11.6 Å². The summed E-state index contributed by atoms with van der Waals surface area (Å²) < 4.78 is 0. The average molecular weight is 212 g/mol. The van der Waals surface area contributed by atoms with Crippen molar-refractivity contribution in [1.82, 2.24) is 15.0 Å². The van der Waals surface area contributed by atoms with E-state index in [2.05, 4.69) is 15.0 Å². The van der Waals surface area contributed by atoms with Gasteiger partial charge in [-0.2, -0.15) is 0 Å². The van der Waals surface area contributed by atoms with Crippen molar-refractivity contribution < 1.29 is 0 Å². The third-order valence-electron chi connectivity index (χ3n) is 1.45. The van der Waals surface area contributed by atoms with Gasteiger partial charge in [-0.25, -0.2) is 15.0 Å². The molecule has 0 bridgehead atoms. The Morgan fingerprint density at radius 1 is 1.31 bits per heavy atom. The molecule has 0 N–H and O–H groups in total. The van der Waals surface area contributed by atoms with E-state index in [0.717, 1.165) is 10.7 Å². The minimum Gasteiger partial charge on any atom is -0.236 e. The number of rotatable bonds is 2. The molecule has 0 atom stereocenters. The second kappa shape index (κ2) is 3.81. The van der Waals surface area contributed by atoms with Gasteiger partial charge in [-0.1, -0.05) is 0 Å². The lowest BCUT2D eigenvalue weighted by molar-refractivity contribution is 1.14. The maximum absolute atomic E-state index is 5.63. The fourth-order valence-electron chi connectivity index (χ4n) is 0.881. The molecular weight excluding hydrogens is 206 g/mol. The Bertz CT molecular complexity index is 387. The SMILES string of the molecule is ClCc1csc(-c2ncccn2)n1. The molecule has 0 unspecified atom stereocenters. The molecule has 2 aromatic rings. The Balaban J connectivity index is 2.36. The maximum Gasteiger partial charge on any atom is 0.188 e. The van der Waals surface area contributed by atoms with Gasteiger partial charge in [-0.3, -0.25) is 0 Å². The predicted molar refractivity (Wildman–Crippen MR) is 52.7 cm³/mol. The third kappa shape index (κ3) is 1.84. The van der Waals surface area contributed by atoms with Gasteiger partial charge in [-0.15, -0.1) is 22.9 Å². The molecule has 5 heteroatoms. The van der Waals surface area contributed by atoms with Crippen LogP contribution in [0.15, 0.2) is 23.8 Å². The van der Waals surface area contributed by atoms with Crippen molar-refractivity contribution in [1.29, 1.82) is 0 Å². The molecule has 66 valence electrons. The average Bonchev–Trinajstić information content (AvgIpc) is 2.67.